The van der Waals surface area contributed by atoms with Crippen LogP contribution in [0.15, 0.2) is 107 Å². The van der Waals surface area contributed by atoms with Crippen LogP contribution in [0.4, 0.5) is 17.5 Å². The van der Waals surface area contributed by atoms with E-state index in [2.05, 4.69) is 93.5 Å². The molecule has 0 saturated carbocycles. The molecule has 9 rings (SSSR count). The Bertz CT molecular complexity index is 3000. The number of carbonyl (C=O) groups excluding carboxylic acids is 1. The van der Waals surface area contributed by atoms with Gasteiger partial charge in [0.05, 0.1) is 35.9 Å². The highest BCUT2D eigenvalue weighted by Gasteiger charge is 2.21. The van der Waals surface area contributed by atoms with Crippen molar-refractivity contribution in [2.75, 3.05) is 43.4 Å². The van der Waals surface area contributed by atoms with Crippen molar-refractivity contribution in [1.82, 2.24) is 60.5 Å². The third-order valence-electron chi connectivity index (χ3n) is 9.13. The Labute approximate surface area is 395 Å². The smallest absolute Gasteiger partial charge is 0.358 e. The first-order valence-electron chi connectivity index (χ1n) is 19.2. The third-order valence-corrected chi connectivity index (χ3v) is 11.9. The third kappa shape index (κ3) is 11.5. The number of benzene rings is 3. The van der Waals surface area contributed by atoms with Crippen LogP contribution in [-0.4, -0.2) is 98.4 Å². The fourth-order valence-corrected chi connectivity index (χ4v) is 8.27. The van der Waals surface area contributed by atoms with Crippen molar-refractivity contribution in [3.63, 3.8) is 0 Å². The molecule has 6 heterocycles. The molecule has 1 fully saturated rings. The number of carbonyl (C=O) groups is 2. The summed E-state index contributed by atoms with van der Waals surface area (Å²) in [5, 5.41) is 41.2. The van der Waals surface area contributed by atoms with E-state index in [1.165, 1.54) is 35.1 Å². The Kier molecular flexibility index (Phi) is 15.1. The summed E-state index contributed by atoms with van der Waals surface area (Å²) in [7, 11) is 0. The molecule has 3 aromatic carbocycles. The summed E-state index contributed by atoms with van der Waals surface area (Å²) in [5.74, 6) is -0.774. The number of aromatic carboxylic acids is 1. The van der Waals surface area contributed by atoms with E-state index in [4.69, 9.17) is 22.3 Å². The second-order valence-electron chi connectivity index (χ2n) is 13.5. The zero-order valence-electron chi connectivity index (χ0n) is 33.7. The fraction of sp³-hybridized carbons (Fsp3) is 0.119. The highest BCUT2D eigenvalue weighted by molar-refractivity contribution is 9.10. The van der Waals surface area contributed by atoms with Crippen molar-refractivity contribution < 1.29 is 14.7 Å². The van der Waals surface area contributed by atoms with Gasteiger partial charge in [-0.25, -0.2) is 34.7 Å². The number of anilines is 3. The maximum Gasteiger partial charge on any atom is 0.358 e. The van der Waals surface area contributed by atoms with E-state index in [1.54, 1.807) is 24.4 Å². The zero-order valence-corrected chi connectivity index (χ0v) is 38.5. The second-order valence-corrected chi connectivity index (χ2v) is 17.1. The maximum absolute atomic E-state index is 13.0. The summed E-state index contributed by atoms with van der Waals surface area (Å²) in [5.41, 5.74) is 21.7. The quantitative estimate of drug-likeness (QED) is 0.110. The maximum atomic E-state index is 13.0. The molecule has 65 heavy (non-hydrogen) atoms. The zero-order chi connectivity index (χ0) is 45.9. The van der Waals surface area contributed by atoms with Crippen molar-refractivity contribution in [2.24, 2.45) is 0 Å². The number of carboxylic acid groups (broad SMARTS) is 1. The normalized spacial score (nSPS) is 12.1. The van der Waals surface area contributed by atoms with Crippen molar-refractivity contribution in [3.8, 4) is 59.9 Å². The van der Waals surface area contributed by atoms with Gasteiger partial charge in [0.25, 0.3) is 5.91 Å². The summed E-state index contributed by atoms with van der Waals surface area (Å²) in [4.78, 5) is 49.7. The van der Waals surface area contributed by atoms with E-state index < -0.39 is 5.97 Å². The molecule has 1 aliphatic heterocycles. The lowest BCUT2D eigenvalue weighted by molar-refractivity contribution is 0.0690. The molecule has 326 valence electrons. The van der Waals surface area contributed by atoms with Crippen molar-refractivity contribution in [3.05, 3.63) is 123 Å². The molecule has 8 aromatic rings. The number of nitrogens with one attached hydrogen (secondary N) is 1. The average molecular weight is 1030 g/mol. The average Bonchev–Trinajstić information content (AvgIpc) is 3.96. The van der Waals surface area contributed by atoms with Gasteiger partial charge in [-0.3, -0.25) is 4.79 Å². The summed E-state index contributed by atoms with van der Waals surface area (Å²) >= 11 is 9.05. The minimum absolute atomic E-state index is 0.0804. The fourth-order valence-electron chi connectivity index (χ4n) is 6.01. The molecule has 0 aliphatic carbocycles. The molecular weight excluding hydrogens is 1000 g/mol. The lowest BCUT2D eigenvalue weighted by atomic mass is 10.0. The Morgan fingerprint density at radius 1 is 0.692 bits per heavy atom. The van der Waals surface area contributed by atoms with Gasteiger partial charge in [-0.2, -0.15) is 5.26 Å². The SMILES string of the molecule is N#Cc1cc(C(=O)N2CCCNCC2)ccc1-c1cnc(N)c(-c2nnc(-c3ccccc3)s2)n1.Nc1ncc(Br)nc1-c1nnc(-c2ccccc2)s1.Nc1ncc(Br)nc1C(=O)O. The van der Waals surface area contributed by atoms with Crippen LogP contribution in [0.25, 0.3) is 53.8 Å². The van der Waals surface area contributed by atoms with Gasteiger partial charge in [-0.1, -0.05) is 89.4 Å². The van der Waals surface area contributed by atoms with Gasteiger partial charge in [-0.15, -0.1) is 20.4 Å². The van der Waals surface area contributed by atoms with E-state index in [9.17, 15) is 14.9 Å². The first-order chi connectivity index (χ1) is 31.5. The van der Waals surface area contributed by atoms with Gasteiger partial charge in [0, 0.05) is 41.9 Å². The van der Waals surface area contributed by atoms with Crippen LogP contribution in [-0.2, 0) is 0 Å². The molecule has 1 aliphatic rings. The molecule has 0 unspecified atom stereocenters. The van der Waals surface area contributed by atoms with Gasteiger partial charge < -0.3 is 32.5 Å². The number of nitriles is 1. The Morgan fingerprint density at radius 3 is 1.83 bits per heavy atom. The van der Waals surface area contributed by atoms with E-state index >= 15 is 0 Å². The predicted octanol–water partition coefficient (Wildman–Crippen LogP) is 6.74. The number of carboxylic acids is 1. The number of hydrogen-bond donors (Lipinski definition) is 5. The van der Waals surface area contributed by atoms with Crippen LogP contribution in [0.2, 0.25) is 0 Å². The van der Waals surface area contributed by atoms with Crippen LogP contribution >= 0.6 is 54.5 Å². The van der Waals surface area contributed by atoms with E-state index in [0.717, 1.165) is 40.7 Å². The van der Waals surface area contributed by atoms with Crippen LogP contribution < -0.4 is 22.5 Å². The van der Waals surface area contributed by atoms with Crippen molar-refractivity contribution in [2.45, 2.75) is 6.42 Å². The number of rotatable bonds is 7. The Morgan fingerprint density at radius 2 is 1.25 bits per heavy atom. The highest BCUT2D eigenvalue weighted by Crippen LogP contribution is 2.34. The molecular formula is C42H34Br2N16O3S2. The molecule has 5 aromatic heterocycles. The topological polar surface area (TPSA) is 300 Å². The van der Waals surface area contributed by atoms with Gasteiger partial charge in [-0.05, 0) is 57.0 Å². The monoisotopic (exact) mass is 1030 g/mol. The molecule has 1 amide bonds. The van der Waals surface area contributed by atoms with Crippen LogP contribution in [0, 0.1) is 11.3 Å². The predicted molar refractivity (Wildman–Crippen MR) is 254 cm³/mol. The van der Waals surface area contributed by atoms with Gasteiger partial charge in [0.15, 0.2) is 33.2 Å². The summed E-state index contributed by atoms with van der Waals surface area (Å²) < 4.78 is 0.970. The molecule has 0 bridgehead atoms. The summed E-state index contributed by atoms with van der Waals surface area (Å²) in [6.45, 7) is 2.99. The minimum atomic E-state index is -1.18. The molecule has 0 spiro atoms. The number of nitrogens with zero attached hydrogens (tertiary/aromatic N) is 12. The van der Waals surface area contributed by atoms with Gasteiger partial charge in [0.1, 0.15) is 30.6 Å². The summed E-state index contributed by atoms with van der Waals surface area (Å²) in [6, 6.07) is 26.9. The van der Waals surface area contributed by atoms with Gasteiger partial charge >= 0.3 is 5.97 Å². The molecule has 0 radical (unpaired) electrons. The highest BCUT2D eigenvalue weighted by atomic mass is 79.9. The van der Waals surface area contributed by atoms with Crippen LogP contribution in [0.3, 0.4) is 0 Å². The second kappa shape index (κ2) is 21.4. The Hall–Kier alpha value is -7.23. The summed E-state index contributed by atoms with van der Waals surface area (Å²) in [6.07, 6.45) is 5.31. The van der Waals surface area contributed by atoms with E-state index in [1.807, 2.05) is 65.6 Å². The molecule has 23 heteroatoms. The van der Waals surface area contributed by atoms with E-state index in [-0.39, 0.29) is 23.2 Å². The van der Waals surface area contributed by atoms with E-state index in [0.29, 0.717) is 71.9 Å². The first-order valence-corrected chi connectivity index (χ1v) is 22.5. The minimum Gasteiger partial charge on any atom is -0.476 e. The number of halogens is 2. The lowest BCUT2D eigenvalue weighted by Crippen LogP contribution is -2.34. The largest absolute Gasteiger partial charge is 0.476 e. The number of hydrogen-bond acceptors (Lipinski definition) is 19. The number of nitrogens with two attached hydrogens (primary N) is 3. The number of aromatic nitrogens is 10. The molecule has 8 N–H and O–H groups in total. The standard InChI is InChI=1S/C25H22N8OS.C12H8BrN5S.C5H4BrN3O2/c26-14-18-13-17(25(34)33-11-4-9-28-10-12-33)7-8-19(18)20-15-29-22(27)21(30-20)24-32-31-23(35-24)16-5-2-1-3-6-16;13-8-6-15-10(14)9(16-8)12-18-17-11(19-12)7-4-2-1-3-5-7;6-2-1-8-4(7)3(9-2)5(10)11/h1-3,5-8,13,15,28H,4,9-12H2,(H2,27,29);1-6H,(H2,14,15);1H,(H2,7,8)(H,10,11). The Balaban J connectivity index is 0.000000174. The first kappa shape index (κ1) is 45.8. The number of amides is 1. The number of nitrogen functional groups attached to an aromatic ring is 3. The molecule has 19 nitrogen and oxygen atoms in total. The van der Waals surface area contributed by atoms with Crippen LogP contribution in [0.1, 0.15) is 32.8 Å². The van der Waals surface area contributed by atoms with Gasteiger partial charge in [0.2, 0.25) is 0 Å². The molecule has 0 atom stereocenters. The van der Waals surface area contributed by atoms with Crippen LogP contribution in [0.5, 0.6) is 0 Å². The molecule has 1 saturated heterocycles. The lowest BCUT2D eigenvalue weighted by Gasteiger charge is -2.20. The van der Waals surface area contributed by atoms with Crippen molar-refractivity contribution >= 4 is 83.9 Å². The van der Waals surface area contributed by atoms with Crippen molar-refractivity contribution in [1.29, 1.82) is 5.26 Å².